The first-order valence-corrected chi connectivity index (χ1v) is 7.99. The van der Waals surface area contributed by atoms with Gasteiger partial charge < -0.3 is 11.1 Å². The Labute approximate surface area is 143 Å². The highest BCUT2D eigenvalue weighted by molar-refractivity contribution is 14.1. The van der Waals surface area contributed by atoms with Gasteiger partial charge in [-0.3, -0.25) is 9.59 Å². The molecule has 0 radical (unpaired) electrons. The number of amides is 2. The van der Waals surface area contributed by atoms with E-state index in [-0.39, 0.29) is 12.3 Å². The molecule has 0 saturated heterocycles. The molecule has 2 aromatic carbocycles. The molecule has 22 heavy (non-hydrogen) atoms. The Hall–Kier alpha value is -1.89. The summed E-state index contributed by atoms with van der Waals surface area (Å²) in [6.45, 7) is 0. The molecule has 0 saturated carbocycles. The molecule has 0 unspecified atom stereocenters. The fourth-order valence-corrected chi connectivity index (χ4v) is 2.76. The molecule has 0 aliphatic carbocycles. The molecule has 5 heteroatoms. The number of hydrogen-bond acceptors (Lipinski definition) is 2. The van der Waals surface area contributed by atoms with Gasteiger partial charge in [0.15, 0.2) is 0 Å². The minimum absolute atomic E-state index is 0.208. The van der Waals surface area contributed by atoms with Crippen LogP contribution in [0, 0.1) is 3.57 Å². The molecule has 0 aliphatic rings. The number of hydrogen-bond donors (Lipinski definition) is 2. The van der Waals surface area contributed by atoms with Gasteiger partial charge in [-0.2, -0.15) is 0 Å². The molecule has 0 fully saturated rings. The second-order valence-electron chi connectivity index (χ2n) is 5.02. The molecule has 3 N–H and O–H groups in total. The molecule has 0 aliphatic heterocycles. The number of benzene rings is 2. The van der Waals surface area contributed by atoms with Crippen molar-refractivity contribution in [2.45, 2.75) is 18.9 Å². The number of carbonyl (C=O) groups excluding carboxylic acids is 2. The fraction of sp³-hybridized carbons (Fsp3) is 0.176. The molecule has 2 amide bonds. The van der Waals surface area contributed by atoms with Gasteiger partial charge in [-0.25, -0.2) is 0 Å². The summed E-state index contributed by atoms with van der Waals surface area (Å²) in [5, 5.41) is 2.72. The van der Waals surface area contributed by atoms with Gasteiger partial charge in [0.25, 0.3) is 0 Å². The molecule has 4 nitrogen and oxygen atoms in total. The maximum Gasteiger partial charge on any atom is 0.240 e. The van der Waals surface area contributed by atoms with Crippen molar-refractivity contribution in [1.82, 2.24) is 5.32 Å². The zero-order valence-electron chi connectivity index (χ0n) is 12.0. The van der Waals surface area contributed by atoms with Crippen LogP contribution in [-0.2, 0) is 22.4 Å². The molecule has 0 spiro atoms. The van der Waals surface area contributed by atoms with Crippen molar-refractivity contribution in [2.24, 2.45) is 5.73 Å². The van der Waals surface area contributed by atoms with E-state index in [0.717, 1.165) is 14.7 Å². The number of carbonyl (C=O) groups is 2. The summed E-state index contributed by atoms with van der Waals surface area (Å²) in [5.74, 6) is -0.735. The Bertz CT molecular complexity index is 659. The number of halogens is 1. The monoisotopic (exact) mass is 408 g/mol. The van der Waals surface area contributed by atoms with E-state index in [1.165, 1.54) is 0 Å². The minimum atomic E-state index is -0.700. The second-order valence-corrected chi connectivity index (χ2v) is 6.26. The zero-order valence-corrected chi connectivity index (χ0v) is 14.1. The summed E-state index contributed by atoms with van der Waals surface area (Å²) in [6.07, 6.45) is 0.629. The van der Waals surface area contributed by atoms with Crippen LogP contribution in [0.2, 0.25) is 0 Å². The Kier molecular flexibility index (Phi) is 5.94. The van der Waals surface area contributed by atoms with Crippen LogP contribution in [0.3, 0.4) is 0 Å². The lowest BCUT2D eigenvalue weighted by molar-refractivity contribution is -0.127. The molecule has 2 aromatic rings. The van der Waals surface area contributed by atoms with Gasteiger partial charge in [-0.15, -0.1) is 0 Å². The predicted octanol–water partition coefficient (Wildman–Crippen LogP) is 2.05. The zero-order chi connectivity index (χ0) is 15.9. The summed E-state index contributed by atoms with van der Waals surface area (Å²) in [5.41, 5.74) is 7.28. The molecule has 0 aromatic heterocycles. The van der Waals surface area contributed by atoms with E-state index >= 15 is 0 Å². The van der Waals surface area contributed by atoms with E-state index in [9.17, 15) is 9.59 Å². The third-order valence-corrected chi connectivity index (χ3v) is 3.89. The highest BCUT2D eigenvalue weighted by atomic mass is 127. The Morgan fingerprint density at radius 3 is 2.36 bits per heavy atom. The molecule has 1 atom stereocenters. The van der Waals surface area contributed by atoms with Crippen molar-refractivity contribution in [3.63, 3.8) is 0 Å². The van der Waals surface area contributed by atoms with Crippen LogP contribution in [0.25, 0.3) is 0 Å². The average molecular weight is 408 g/mol. The first-order chi connectivity index (χ1) is 10.5. The van der Waals surface area contributed by atoms with Crippen LogP contribution >= 0.6 is 22.6 Å². The third kappa shape index (κ3) is 5.14. The van der Waals surface area contributed by atoms with Gasteiger partial charge in [0, 0.05) is 9.99 Å². The lowest BCUT2D eigenvalue weighted by Gasteiger charge is -2.16. The normalized spacial score (nSPS) is 11.7. The standard InChI is InChI=1S/C17H17IN2O2/c18-14-8-4-7-13(9-14)10-15(17(19)22)20-16(21)11-12-5-2-1-3-6-12/h1-9,15H,10-11H2,(H2,19,22)(H,20,21)/t15-/m0/s1. The molecular weight excluding hydrogens is 391 g/mol. The molecule has 114 valence electrons. The van der Waals surface area contributed by atoms with Crippen LogP contribution in [0.4, 0.5) is 0 Å². The molecule has 0 bridgehead atoms. The molecule has 2 rings (SSSR count). The van der Waals surface area contributed by atoms with Crippen molar-refractivity contribution in [3.05, 3.63) is 69.3 Å². The maximum atomic E-state index is 12.1. The highest BCUT2D eigenvalue weighted by Crippen LogP contribution is 2.10. The van der Waals surface area contributed by atoms with Crippen LogP contribution < -0.4 is 11.1 Å². The van der Waals surface area contributed by atoms with Crippen molar-refractivity contribution in [1.29, 1.82) is 0 Å². The van der Waals surface area contributed by atoms with Crippen LogP contribution in [-0.4, -0.2) is 17.9 Å². The maximum absolute atomic E-state index is 12.1. The van der Waals surface area contributed by atoms with E-state index in [1.807, 2.05) is 54.6 Å². The van der Waals surface area contributed by atoms with E-state index < -0.39 is 11.9 Å². The minimum Gasteiger partial charge on any atom is -0.368 e. The largest absolute Gasteiger partial charge is 0.368 e. The van der Waals surface area contributed by atoms with E-state index in [2.05, 4.69) is 27.9 Å². The summed E-state index contributed by atoms with van der Waals surface area (Å²) in [7, 11) is 0. The van der Waals surface area contributed by atoms with Crippen LogP contribution in [0.5, 0.6) is 0 Å². The number of rotatable bonds is 6. The van der Waals surface area contributed by atoms with E-state index in [0.29, 0.717) is 6.42 Å². The lowest BCUT2D eigenvalue weighted by Crippen LogP contribution is -2.46. The van der Waals surface area contributed by atoms with Gasteiger partial charge in [0.1, 0.15) is 6.04 Å². The van der Waals surface area contributed by atoms with Crippen molar-refractivity contribution in [2.75, 3.05) is 0 Å². The van der Waals surface area contributed by atoms with Gasteiger partial charge in [0.05, 0.1) is 6.42 Å². The first-order valence-electron chi connectivity index (χ1n) is 6.91. The van der Waals surface area contributed by atoms with Gasteiger partial charge in [-0.1, -0.05) is 42.5 Å². The summed E-state index contributed by atoms with van der Waals surface area (Å²) in [6, 6.07) is 16.5. The summed E-state index contributed by atoms with van der Waals surface area (Å²) >= 11 is 2.21. The van der Waals surface area contributed by atoms with Crippen molar-refractivity contribution < 1.29 is 9.59 Å². The topological polar surface area (TPSA) is 72.2 Å². The first kappa shape index (κ1) is 16.5. The van der Waals surface area contributed by atoms with Crippen LogP contribution in [0.1, 0.15) is 11.1 Å². The molecular formula is C17H17IN2O2. The van der Waals surface area contributed by atoms with Crippen molar-refractivity contribution >= 4 is 34.4 Å². The fourth-order valence-electron chi connectivity index (χ4n) is 2.15. The Morgan fingerprint density at radius 2 is 1.73 bits per heavy atom. The predicted molar refractivity (Wildman–Crippen MR) is 94.1 cm³/mol. The average Bonchev–Trinajstić information content (AvgIpc) is 2.47. The quantitative estimate of drug-likeness (QED) is 0.719. The molecule has 0 heterocycles. The summed E-state index contributed by atoms with van der Waals surface area (Å²) in [4.78, 5) is 23.6. The van der Waals surface area contributed by atoms with Gasteiger partial charge in [0.2, 0.25) is 11.8 Å². The van der Waals surface area contributed by atoms with Gasteiger partial charge >= 0.3 is 0 Å². The number of nitrogens with two attached hydrogens (primary N) is 1. The highest BCUT2D eigenvalue weighted by Gasteiger charge is 2.18. The summed E-state index contributed by atoms with van der Waals surface area (Å²) < 4.78 is 1.08. The smallest absolute Gasteiger partial charge is 0.240 e. The number of nitrogens with one attached hydrogen (secondary N) is 1. The Balaban J connectivity index is 1.99. The SMILES string of the molecule is NC(=O)[C@H](Cc1cccc(I)c1)NC(=O)Cc1ccccc1. The van der Waals surface area contributed by atoms with E-state index in [1.54, 1.807) is 0 Å². The lowest BCUT2D eigenvalue weighted by atomic mass is 10.0. The van der Waals surface area contributed by atoms with E-state index in [4.69, 9.17) is 5.73 Å². The van der Waals surface area contributed by atoms with Gasteiger partial charge in [-0.05, 0) is 45.9 Å². The van der Waals surface area contributed by atoms with Crippen molar-refractivity contribution in [3.8, 4) is 0 Å². The number of primary amides is 1. The van der Waals surface area contributed by atoms with Crippen LogP contribution in [0.15, 0.2) is 54.6 Å². The Morgan fingerprint density at radius 1 is 1.05 bits per heavy atom. The third-order valence-electron chi connectivity index (χ3n) is 3.22. The second kappa shape index (κ2) is 7.93.